The van der Waals surface area contributed by atoms with Gasteiger partial charge in [0, 0.05) is 40.7 Å². The predicted molar refractivity (Wildman–Crippen MR) is 70.5 cm³/mol. The quantitative estimate of drug-likeness (QED) is 0.720. The Hall–Kier alpha value is -2.62. The fourth-order valence-electron chi connectivity index (χ4n) is 1.84. The van der Waals surface area contributed by atoms with Gasteiger partial charge in [0.15, 0.2) is 0 Å². The molecule has 0 aliphatic carbocycles. The minimum Gasteiger partial charge on any atom is -0.361 e. The van der Waals surface area contributed by atoms with E-state index in [1.165, 1.54) is 0 Å². The van der Waals surface area contributed by atoms with Gasteiger partial charge in [-0.15, -0.1) is 0 Å². The van der Waals surface area contributed by atoms with Crippen LogP contribution in [0.15, 0.2) is 55.0 Å². The minimum absolute atomic E-state index is 0.132. The van der Waals surface area contributed by atoms with Crippen LogP contribution in [-0.2, 0) is 0 Å². The summed E-state index contributed by atoms with van der Waals surface area (Å²) in [4.78, 5) is 18.9. The molecule has 3 aromatic rings. The number of pyridine rings is 1. The van der Waals surface area contributed by atoms with Crippen molar-refractivity contribution < 1.29 is 4.79 Å². The zero-order valence-electron chi connectivity index (χ0n) is 9.55. The fraction of sp³-hybridized carbons (Fsp3) is 0. The van der Waals surface area contributed by atoms with Crippen molar-refractivity contribution in [3.05, 3.63) is 60.6 Å². The summed E-state index contributed by atoms with van der Waals surface area (Å²) in [6, 6.07) is 11.1. The molecule has 0 bridgehead atoms. The normalized spacial score (nSPS) is 10.4. The molecule has 18 heavy (non-hydrogen) atoms. The summed E-state index contributed by atoms with van der Waals surface area (Å²) in [6.07, 6.45) is 5.08. The molecule has 0 aliphatic heterocycles. The number of aromatic amines is 1. The summed E-state index contributed by atoms with van der Waals surface area (Å²) in [5.74, 6) is -0.132. The van der Waals surface area contributed by atoms with Crippen LogP contribution in [0.2, 0.25) is 0 Å². The molecule has 4 nitrogen and oxygen atoms in total. The van der Waals surface area contributed by atoms with E-state index in [4.69, 9.17) is 0 Å². The molecule has 1 aromatic carbocycles. The van der Waals surface area contributed by atoms with Gasteiger partial charge in [0.05, 0.1) is 0 Å². The summed E-state index contributed by atoms with van der Waals surface area (Å²) in [6.45, 7) is 0. The first kappa shape index (κ1) is 10.5. The van der Waals surface area contributed by atoms with Gasteiger partial charge in [-0.3, -0.25) is 9.78 Å². The van der Waals surface area contributed by atoms with Crippen LogP contribution in [0, 0.1) is 0 Å². The molecule has 2 heterocycles. The number of H-pyrrole nitrogens is 1. The lowest BCUT2D eigenvalue weighted by molar-refractivity contribution is 0.102. The van der Waals surface area contributed by atoms with Crippen molar-refractivity contribution in [3.8, 4) is 0 Å². The number of carbonyl (C=O) groups excluding carboxylic acids is 1. The van der Waals surface area contributed by atoms with E-state index in [0.717, 1.165) is 16.6 Å². The van der Waals surface area contributed by atoms with E-state index in [2.05, 4.69) is 15.3 Å². The van der Waals surface area contributed by atoms with Gasteiger partial charge in [-0.2, -0.15) is 0 Å². The van der Waals surface area contributed by atoms with E-state index in [9.17, 15) is 4.79 Å². The third-order valence-corrected chi connectivity index (χ3v) is 2.75. The predicted octanol–water partition coefficient (Wildman–Crippen LogP) is 2.82. The van der Waals surface area contributed by atoms with Crippen molar-refractivity contribution in [1.29, 1.82) is 0 Å². The number of anilines is 1. The van der Waals surface area contributed by atoms with Crippen LogP contribution in [0.4, 0.5) is 5.69 Å². The zero-order chi connectivity index (χ0) is 12.4. The van der Waals surface area contributed by atoms with Crippen molar-refractivity contribution in [3.63, 3.8) is 0 Å². The topological polar surface area (TPSA) is 57.8 Å². The van der Waals surface area contributed by atoms with Crippen LogP contribution >= 0.6 is 0 Å². The van der Waals surface area contributed by atoms with Crippen molar-refractivity contribution in [1.82, 2.24) is 9.97 Å². The van der Waals surface area contributed by atoms with E-state index in [0.29, 0.717) is 5.56 Å². The number of hydrogen-bond acceptors (Lipinski definition) is 2. The average molecular weight is 237 g/mol. The van der Waals surface area contributed by atoms with E-state index in [1.54, 1.807) is 24.5 Å². The third-order valence-electron chi connectivity index (χ3n) is 2.75. The van der Waals surface area contributed by atoms with Gasteiger partial charge in [0.25, 0.3) is 5.91 Å². The van der Waals surface area contributed by atoms with Crippen LogP contribution in [0.1, 0.15) is 10.4 Å². The Morgan fingerprint density at radius 3 is 2.78 bits per heavy atom. The average Bonchev–Trinajstić information content (AvgIpc) is 2.87. The zero-order valence-corrected chi connectivity index (χ0v) is 9.55. The molecule has 0 unspecified atom stereocenters. The van der Waals surface area contributed by atoms with E-state index in [1.807, 2.05) is 30.5 Å². The van der Waals surface area contributed by atoms with Gasteiger partial charge in [-0.25, -0.2) is 0 Å². The largest absolute Gasteiger partial charge is 0.361 e. The Morgan fingerprint density at radius 1 is 1.11 bits per heavy atom. The Morgan fingerprint density at radius 2 is 1.94 bits per heavy atom. The molecule has 0 aliphatic rings. The first-order chi connectivity index (χ1) is 8.83. The van der Waals surface area contributed by atoms with Gasteiger partial charge in [-0.1, -0.05) is 0 Å². The molecule has 0 radical (unpaired) electrons. The maximum Gasteiger partial charge on any atom is 0.255 e. The van der Waals surface area contributed by atoms with Gasteiger partial charge < -0.3 is 10.3 Å². The van der Waals surface area contributed by atoms with Crippen LogP contribution in [0.3, 0.4) is 0 Å². The van der Waals surface area contributed by atoms with Gasteiger partial charge >= 0.3 is 0 Å². The number of nitrogens with zero attached hydrogens (tertiary/aromatic N) is 1. The molecule has 0 atom stereocenters. The molecule has 0 saturated heterocycles. The number of benzene rings is 1. The van der Waals surface area contributed by atoms with Gasteiger partial charge in [-0.05, 0) is 36.4 Å². The maximum absolute atomic E-state index is 11.9. The number of nitrogens with one attached hydrogen (secondary N) is 2. The highest BCUT2D eigenvalue weighted by atomic mass is 16.1. The molecule has 0 spiro atoms. The minimum atomic E-state index is -0.132. The monoisotopic (exact) mass is 237 g/mol. The lowest BCUT2D eigenvalue weighted by Gasteiger charge is -2.05. The number of amides is 1. The molecule has 88 valence electrons. The lowest BCUT2D eigenvalue weighted by Crippen LogP contribution is -2.11. The van der Waals surface area contributed by atoms with Crippen molar-refractivity contribution in [2.75, 3.05) is 5.32 Å². The van der Waals surface area contributed by atoms with Crippen molar-refractivity contribution in [2.24, 2.45) is 0 Å². The highest BCUT2D eigenvalue weighted by Crippen LogP contribution is 2.18. The SMILES string of the molecule is O=C(Nc1ccc2[nH]ccc2c1)c1ccncc1. The molecular weight excluding hydrogens is 226 g/mol. The number of rotatable bonds is 2. The Balaban J connectivity index is 1.86. The van der Waals surface area contributed by atoms with Crippen LogP contribution in [0.5, 0.6) is 0 Å². The molecule has 0 fully saturated rings. The molecule has 4 heteroatoms. The summed E-state index contributed by atoms with van der Waals surface area (Å²) in [5, 5.41) is 3.93. The standard InChI is InChI=1S/C14H11N3O/c18-14(10-3-6-15-7-4-10)17-12-1-2-13-11(9-12)5-8-16-13/h1-9,16H,(H,17,18). The Labute approximate surface area is 104 Å². The molecule has 0 saturated carbocycles. The third kappa shape index (κ3) is 1.96. The summed E-state index contributed by atoms with van der Waals surface area (Å²) < 4.78 is 0. The van der Waals surface area contributed by atoms with Crippen molar-refractivity contribution >= 4 is 22.5 Å². The van der Waals surface area contributed by atoms with Gasteiger partial charge in [0.1, 0.15) is 0 Å². The highest BCUT2D eigenvalue weighted by molar-refractivity contribution is 6.05. The van der Waals surface area contributed by atoms with Crippen LogP contribution in [-0.4, -0.2) is 15.9 Å². The second-order valence-corrected chi connectivity index (χ2v) is 3.97. The Kier molecular flexibility index (Phi) is 2.53. The number of hydrogen-bond donors (Lipinski definition) is 2. The molecule has 1 amide bonds. The maximum atomic E-state index is 11.9. The van der Waals surface area contributed by atoms with E-state index in [-0.39, 0.29) is 5.91 Å². The number of aromatic nitrogens is 2. The fourth-order valence-corrected chi connectivity index (χ4v) is 1.84. The Bertz CT molecular complexity index is 688. The first-order valence-corrected chi connectivity index (χ1v) is 5.61. The van der Waals surface area contributed by atoms with E-state index >= 15 is 0 Å². The summed E-state index contributed by atoms with van der Waals surface area (Å²) >= 11 is 0. The van der Waals surface area contributed by atoms with Crippen LogP contribution in [0.25, 0.3) is 10.9 Å². The van der Waals surface area contributed by atoms with Crippen LogP contribution < -0.4 is 5.32 Å². The van der Waals surface area contributed by atoms with Crippen molar-refractivity contribution in [2.45, 2.75) is 0 Å². The molecule has 2 aromatic heterocycles. The smallest absolute Gasteiger partial charge is 0.255 e. The number of carbonyl (C=O) groups is 1. The summed E-state index contributed by atoms with van der Waals surface area (Å²) in [7, 11) is 0. The van der Waals surface area contributed by atoms with E-state index < -0.39 is 0 Å². The number of fused-ring (bicyclic) bond motifs is 1. The molecule has 2 N–H and O–H groups in total. The molecular formula is C14H11N3O. The summed E-state index contributed by atoms with van der Waals surface area (Å²) in [5.41, 5.74) is 2.43. The lowest BCUT2D eigenvalue weighted by atomic mass is 10.2. The van der Waals surface area contributed by atoms with Gasteiger partial charge in [0.2, 0.25) is 0 Å². The second kappa shape index (κ2) is 4.33. The molecule has 3 rings (SSSR count). The second-order valence-electron chi connectivity index (χ2n) is 3.97. The highest BCUT2D eigenvalue weighted by Gasteiger charge is 2.05. The first-order valence-electron chi connectivity index (χ1n) is 5.61.